The molecule has 0 radical (unpaired) electrons. The van der Waals surface area contributed by atoms with Gasteiger partial charge in [0.05, 0.1) is 13.7 Å². The molecule has 1 aliphatic carbocycles. The summed E-state index contributed by atoms with van der Waals surface area (Å²) in [5.41, 5.74) is -2.48. The highest BCUT2D eigenvalue weighted by Gasteiger charge is 2.41. The number of nitrogens with zero attached hydrogens (tertiary/aromatic N) is 2. The lowest BCUT2D eigenvalue weighted by molar-refractivity contribution is -0.139. The second-order valence-corrected chi connectivity index (χ2v) is 5.43. The quantitative estimate of drug-likeness (QED) is 0.862. The molecular weight excluding hydrogens is 325 g/mol. The largest absolute Gasteiger partial charge is 0.497 e. The van der Waals surface area contributed by atoms with Crippen molar-refractivity contribution >= 4 is 5.78 Å². The first-order valence-electron chi connectivity index (χ1n) is 7.18. The molecule has 2 aromatic rings. The van der Waals surface area contributed by atoms with E-state index >= 15 is 0 Å². The number of Topliss-reactive ketones (excluding diaryl/α,β-unsaturated/α-hetero) is 1. The fourth-order valence-corrected chi connectivity index (χ4v) is 2.73. The van der Waals surface area contributed by atoms with E-state index in [0.29, 0.717) is 16.0 Å². The number of ether oxygens (including phenoxy) is 1. The second-order valence-electron chi connectivity index (χ2n) is 5.43. The van der Waals surface area contributed by atoms with E-state index < -0.39 is 23.1 Å². The number of hydrogen-bond donors (Lipinski definition) is 0. The van der Waals surface area contributed by atoms with Crippen molar-refractivity contribution in [2.75, 3.05) is 7.11 Å². The molecule has 126 valence electrons. The van der Waals surface area contributed by atoms with E-state index in [0.717, 1.165) is 0 Å². The Morgan fingerprint density at radius 1 is 1.17 bits per heavy atom. The summed E-state index contributed by atoms with van der Waals surface area (Å²) in [7, 11) is 1.49. The van der Waals surface area contributed by atoms with Gasteiger partial charge in [0.25, 0.3) is 5.56 Å². The van der Waals surface area contributed by atoms with Crippen molar-refractivity contribution < 1.29 is 22.7 Å². The van der Waals surface area contributed by atoms with Gasteiger partial charge in [0, 0.05) is 12.0 Å². The maximum absolute atomic E-state index is 13.3. The van der Waals surface area contributed by atoms with Gasteiger partial charge in [-0.15, -0.1) is 0 Å². The van der Waals surface area contributed by atoms with E-state index in [1.165, 1.54) is 7.11 Å². The highest BCUT2D eigenvalue weighted by Crippen LogP contribution is 2.33. The van der Waals surface area contributed by atoms with Crippen LogP contribution in [0.4, 0.5) is 13.2 Å². The Morgan fingerprint density at radius 3 is 2.42 bits per heavy atom. The van der Waals surface area contributed by atoms with Crippen LogP contribution in [0, 0.1) is 0 Å². The highest BCUT2D eigenvalue weighted by molar-refractivity contribution is 5.98. The zero-order valence-corrected chi connectivity index (χ0v) is 12.7. The fourth-order valence-electron chi connectivity index (χ4n) is 2.73. The number of carbonyl (C=O) groups is 1. The van der Waals surface area contributed by atoms with Crippen LogP contribution in [0.25, 0.3) is 0 Å². The first-order chi connectivity index (χ1) is 11.3. The molecule has 1 aromatic carbocycles. The Labute approximate surface area is 134 Å². The number of carbonyl (C=O) groups excluding carboxylic acids is 1. The molecule has 0 spiro atoms. The number of halogens is 3. The van der Waals surface area contributed by atoms with Crippen molar-refractivity contribution in [3.05, 3.63) is 57.0 Å². The number of hydrogen-bond acceptors (Lipinski definition) is 4. The SMILES string of the molecule is COc1ccc(Cn2nc3c(c(C(F)(F)F)c2=O)CCC3=O)cc1. The number of alkyl halides is 3. The number of ketones is 1. The predicted octanol–water partition coefficient (Wildman–Crippen LogP) is 2.45. The molecule has 0 amide bonds. The molecule has 0 aliphatic heterocycles. The van der Waals surface area contributed by atoms with Crippen LogP contribution in [0.15, 0.2) is 29.1 Å². The lowest BCUT2D eigenvalue weighted by atomic mass is 10.1. The Balaban J connectivity index is 2.09. The standard InChI is InChI=1S/C16H13F3N2O3/c1-24-10-4-2-9(3-5-10)8-21-15(23)13(16(17,18)19)11-6-7-12(22)14(11)20-21/h2-5H,6-8H2,1H3. The fraction of sp³-hybridized carbons (Fsp3) is 0.312. The van der Waals surface area contributed by atoms with Gasteiger partial charge >= 0.3 is 6.18 Å². The summed E-state index contributed by atoms with van der Waals surface area (Å²) in [6, 6.07) is 6.50. The third-order valence-electron chi connectivity index (χ3n) is 3.90. The monoisotopic (exact) mass is 338 g/mol. The Hall–Kier alpha value is -2.64. The molecule has 0 bridgehead atoms. The predicted molar refractivity (Wildman–Crippen MR) is 78.2 cm³/mol. The summed E-state index contributed by atoms with van der Waals surface area (Å²) in [5, 5.41) is 3.87. The first-order valence-corrected chi connectivity index (χ1v) is 7.18. The van der Waals surface area contributed by atoms with Gasteiger partial charge in [0.15, 0.2) is 5.78 Å². The molecule has 0 fully saturated rings. The first kappa shape index (κ1) is 16.2. The molecule has 0 N–H and O–H groups in total. The van der Waals surface area contributed by atoms with Gasteiger partial charge in [-0.05, 0) is 24.1 Å². The molecule has 0 saturated carbocycles. The van der Waals surface area contributed by atoms with Crippen LogP contribution in [0.2, 0.25) is 0 Å². The molecule has 24 heavy (non-hydrogen) atoms. The van der Waals surface area contributed by atoms with E-state index in [4.69, 9.17) is 4.74 Å². The van der Waals surface area contributed by atoms with Crippen molar-refractivity contribution in [2.24, 2.45) is 0 Å². The number of methoxy groups -OCH3 is 1. The van der Waals surface area contributed by atoms with Crippen molar-refractivity contribution in [1.82, 2.24) is 9.78 Å². The van der Waals surface area contributed by atoms with Crippen molar-refractivity contribution in [3.63, 3.8) is 0 Å². The van der Waals surface area contributed by atoms with E-state index in [2.05, 4.69) is 5.10 Å². The molecular formula is C16H13F3N2O3. The molecule has 3 rings (SSSR count). The van der Waals surface area contributed by atoms with Crippen molar-refractivity contribution in [1.29, 1.82) is 0 Å². The average Bonchev–Trinajstić information content (AvgIpc) is 2.88. The van der Waals surface area contributed by atoms with Crippen molar-refractivity contribution in [3.8, 4) is 5.75 Å². The summed E-state index contributed by atoms with van der Waals surface area (Å²) < 4.78 is 45.5. The third-order valence-corrected chi connectivity index (χ3v) is 3.90. The van der Waals surface area contributed by atoms with Crippen LogP contribution < -0.4 is 10.3 Å². The van der Waals surface area contributed by atoms with Crippen LogP contribution in [-0.2, 0) is 19.1 Å². The molecule has 1 aliphatic rings. The molecule has 1 heterocycles. The minimum Gasteiger partial charge on any atom is -0.497 e. The Morgan fingerprint density at radius 2 is 1.83 bits per heavy atom. The minimum absolute atomic E-state index is 0.0581. The maximum Gasteiger partial charge on any atom is 0.422 e. The van der Waals surface area contributed by atoms with Gasteiger partial charge in [0.2, 0.25) is 0 Å². The molecule has 5 nitrogen and oxygen atoms in total. The van der Waals surface area contributed by atoms with E-state index in [-0.39, 0.29) is 30.6 Å². The third kappa shape index (κ3) is 2.79. The van der Waals surface area contributed by atoms with Gasteiger partial charge in [0.1, 0.15) is 17.0 Å². The van der Waals surface area contributed by atoms with E-state index in [9.17, 15) is 22.8 Å². The second kappa shape index (κ2) is 5.77. The van der Waals surface area contributed by atoms with E-state index in [1.807, 2.05) is 0 Å². The minimum atomic E-state index is -4.82. The van der Waals surface area contributed by atoms with Gasteiger partial charge < -0.3 is 4.74 Å². The van der Waals surface area contributed by atoms with Crippen LogP contribution >= 0.6 is 0 Å². The van der Waals surface area contributed by atoms with Crippen LogP contribution in [0.1, 0.15) is 33.6 Å². The number of aromatic nitrogens is 2. The molecule has 0 saturated heterocycles. The zero-order valence-electron chi connectivity index (χ0n) is 12.7. The Kier molecular flexibility index (Phi) is 3.90. The average molecular weight is 338 g/mol. The molecule has 8 heteroatoms. The molecule has 1 aromatic heterocycles. The molecule has 0 unspecified atom stereocenters. The van der Waals surface area contributed by atoms with Crippen LogP contribution in [0.3, 0.4) is 0 Å². The lowest BCUT2D eigenvalue weighted by Crippen LogP contribution is -2.33. The normalized spacial score (nSPS) is 13.9. The van der Waals surface area contributed by atoms with Crippen molar-refractivity contribution in [2.45, 2.75) is 25.6 Å². The summed E-state index contributed by atoms with van der Waals surface area (Å²) in [5.74, 6) is 0.109. The van der Waals surface area contributed by atoms with Crippen LogP contribution in [0.5, 0.6) is 5.75 Å². The van der Waals surface area contributed by atoms with Gasteiger partial charge in [-0.25, -0.2) is 4.68 Å². The van der Waals surface area contributed by atoms with E-state index in [1.54, 1.807) is 24.3 Å². The highest BCUT2D eigenvalue weighted by atomic mass is 19.4. The Bertz CT molecular complexity index is 855. The maximum atomic E-state index is 13.3. The van der Waals surface area contributed by atoms with Crippen LogP contribution in [-0.4, -0.2) is 22.7 Å². The van der Waals surface area contributed by atoms with Gasteiger partial charge in [-0.2, -0.15) is 18.3 Å². The summed E-state index contributed by atoms with van der Waals surface area (Å²) in [6.45, 7) is -0.160. The van der Waals surface area contributed by atoms with Gasteiger partial charge in [-0.3, -0.25) is 9.59 Å². The smallest absolute Gasteiger partial charge is 0.422 e. The number of rotatable bonds is 3. The summed E-state index contributed by atoms with van der Waals surface area (Å²) in [4.78, 5) is 24.0. The zero-order chi connectivity index (χ0) is 17.5. The van der Waals surface area contributed by atoms with Gasteiger partial charge in [-0.1, -0.05) is 12.1 Å². The number of fused-ring (bicyclic) bond motifs is 1. The summed E-state index contributed by atoms with van der Waals surface area (Å²) in [6.07, 6.45) is -4.98. The number of benzene rings is 1. The lowest BCUT2D eigenvalue weighted by Gasteiger charge is -2.14. The molecule has 0 atom stereocenters. The summed E-state index contributed by atoms with van der Waals surface area (Å²) >= 11 is 0. The topological polar surface area (TPSA) is 61.2 Å².